The van der Waals surface area contributed by atoms with E-state index in [0.717, 1.165) is 0 Å². The molecule has 1 aliphatic heterocycles. The maximum Gasteiger partial charge on any atom is 0.495 e. The molecule has 0 saturated carbocycles. The van der Waals surface area contributed by atoms with Crippen LogP contribution in [0.4, 0.5) is 0 Å². The molecule has 0 atom stereocenters. The lowest BCUT2D eigenvalue weighted by Gasteiger charge is -2.32. The number of rotatable bonds is 1. The number of fused-ring (bicyclic) bond motifs is 1. The van der Waals surface area contributed by atoms with Crippen molar-refractivity contribution in [3.8, 4) is 0 Å². The summed E-state index contributed by atoms with van der Waals surface area (Å²) in [6.45, 7) is 10.6. The van der Waals surface area contributed by atoms with Gasteiger partial charge in [0.1, 0.15) is 0 Å². The van der Waals surface area contributed by atoms with E-state index in [-0.39, 0.29) is 18.3 Å². The van der Waals surface area contributed by atoms with Gasteiger partial charge in [-0.25, -0.2) is 0 Å². The Balaban J connectivity index is 1.96. The van der Waals surface area contributed by atoms with Crippen molar-refractivity contribution in [1.29, 1.82) is 0 Å². The average molecular weight is 272 g/mol. The Labute approximate surface area is 123 Å². The quantitative estimate of drug-likeness (QED) is 0.731. The Morgan fingerprint density at radius 3 is 1.95 bits per heavy atom. The molecule has 1 fully saturated rings. The van der Waals surface area contributed by atoms with Gasteiger partial charge in [0.2, 0.25) is 0 Å². The molecule has 108 valence electrons. The first-order valence-electron chi connectivity index (χ1n) is 7.78. The van der Waals surface area contributed by atoms with Crippen LogP contribution in [-0.2, 0) is 22.2 Å². The Morgan fingerprint density at radius 1 is 0.900 bits per heavy atom. The predicted molar refractivity (Wildman–Crippen MR) is 83.5 cm³/mol. The van der Waals surface area contributed by atoms with E-state index in [1.165, 1.54) is 47.8 Å². The molecule has 0 aromatic heterocycles. The van der Waals surface area contributed by atoms with Gasteiger partial charge in [0.25, 0.3) is 0 Å². The minimum atomic E-state index is -0.264. The van der Waals surface area contributed by atoms with Gasteiger partial charge in [-0.1, -0.05) is 17.7 Å². The van der Waals surface area contributed by atoms with Crippen molar-refractivity contribution in [2.75, 3.05) is 0 Å². The normalized spacial score (nSPS) is 23.8. The summed E-state index contributed by atoms with van der Waals surface area (Å²) in [5, 5.41) is 0. The van der Waals surface area contributed by atoms with Crippen molar-refractivity contribution >= 4 is 12.6 Å². The fourth-order valence-electron chi connectivity index (χ4n) is 3.15. The molecule has 1 aromatic carbocycles. The summed E-state index contributed by atoms with van der Waals surface area (Å²) in [5.41, 5.74) is 4.99. The van der Waals surface area contributed by atoms with Crippen LogP contribution in [0.3, 0.4) is 0 Å². The molecule has 1 saturated heterocycles. The van der Waals surface area contributed by atoms with E-state index < -0.39 is 0 Å². The van der Waals surface area contributed by atoms with E-state index in [4.69, 9.17) is 9.31 Å². The van der Waals surface area contributed by atoms with Gasteiger partial charge in [-0.15, -0.1) is 0 Å². The summed E-state index contributed by atoms with van der Waals surface area (Å²) in [6.07, 6.45) is 5.04. The fraction of sp³-hybridized carbons (Fsp3) is 0.647. The molecular formula is C17H25BO2. The topological polar surface area (TPSA) is 18.5 Å². The van der Waals surface area contributed by atoms with Crippen molar-refractivity contribution < 1.29 is 9.31 Å². The third kappa shape index (κ3) is 2.21. The molecule has 3 rings (SSSR count). The van der Waals surface area contributed by atoms with E-state index in [1.54, 1.807) is 0 Å². The van der Waals surface area contributed by atoms with Crippen molar-refractivity contribution in [3.05, 3.63) is 28.8 Å². The first-order chi connectivity index (χ1) is 9.30. The molecule has 20 heavy (non-hydrogen) atoms. The lowest BCUT2D eigenvalue weighted by Crippen LogP contribution is -2.41. The summed E-state index contributed by atoms with van der Waals surface area (Å²) >= 11 is 0. The van der Waals surface area contributed by atoms with Gasteiger partial charge in [0, 0.05) is 0 Å². The largest absolute Gasteiger partial charge is 0.495 e. The van der Waals surface area contributed by atoms with E-state index in [0.29, 0.717) is 0 Å². The molecule has 0 amide bonds. The molecule has 0 N–H and O–H groups in total. The smallest absolute Gasteiger partial charge is 0.399 e. The van der Waals surface area contributed by atoms with Gasteiger partial charge in [0.05, 0.1) is 11.2 Å². The Morgan fingerprint density at radius 2 is 1.40 bits per heavy atom. The molecule has 0 radical (unpaired) electrons. The van der Waals surface area contributed by atoms with Gasteiger partial charge >= 0.3 is 7.12 Å². The molecule has 2 nitrogen and oxygen atoms in total. The van der Waals surface area contributed by atoms with Crippen molar-refractivity contribution in [1.82, 2.24) is 0 Å². The standard InChI is InChI=1S/C17H25BO2/c1-12-10-13-8-6-7-9-14(13)11-15(12)18-19-16(2,3)17(4,5)20-18/h10-11H,6-9H2,1-5H3. The minimum absolute atomic E-state index is 0.229. The molecule has 1 aliphatic carbocycles. The summed E-state index contributed by atoms with van der Waals surface area (Å²) < 4.78 is 12.4. The number of hydrogen-bond donors (Lipinski definition) is 0. The second kappa shape index (κ2) is 4.61. The SMILES string of the molecule is Cc1cc2c(cc1B1OC(C)(C)C(C)(C)O1)CCCC2. The third-order valence-electron chi connectivity index (χ3n) is 5.24. The van der Waals surface area contributed by atoms with E-state index >= 15 is 0 Å². The molecule has 0 bridgehead atoms. The highest BCUT2D eigenvalue weighted by atomic mass is 16.7. The Kier molecular flexibility index (Phi) is 3.26. The lowest BCUT2D eigenvalue weighted by atomic mass is 9.73. The summed E-state index contributed by atoms with van der Waals surface area (Å²) in [4.78, 5) is 0. The van der Waals surface area contributed by atoms with Gasteiger partial charge in [-0.2, -0.15) is 0 Å². The van der Waals surface area contributed by atoms with Gasteiger partial charge in [0.15, 0.2) is 0 Å². The zero-order valence-corrected chi connectivity index (χ0v) is 13.4. The first kappa shape index (κ1) is 14.2. The van der Waals surface area contributed by atoms with Crippen molar-refractivity contribution in [2.45, 2.75) is 71.5 Å². The summed E-state index contributed by atoms with van der Waals surface area (Å²) in [5.74, 6) is 0. The zero-order valence-electron chi connectivity index (χ0n) is 13.4. The number of hydrogen-bond acceptors (Lipinski definition) is 2. The molecule has 1 aromatic rings. The lowest BCUT2D eigenvalue weighted by molar-refractivity contribution is 0.00578. The Hall–Kier alpha value is -0.795. The average Bonchev–Trinajstić information content (AvgIpc) is 2.57. The first-order valence-corrected chi connectivity index (χ1v) is 7.78. The molecule has 0 spiro atoms. The van der Waals surface area contributed by atoms with Crippen LogP contribution in [0.5, 0.6) is 0 Å². The molecule has 1 heterocycles. The highest BCUT2D eigenvalue weighted by molar-refractivity contribution is 6.62. The minimum Gasteiger partial charge on any atom is -0.399 e. The van der Waals surface area contributed by atoms with E-state index in [2.05, 4.69) is 46.8 Å². The monoisotopic (exact) mass is 272 g/mol. The van der Waals surface area contributed by atoms with Gasteiger partial charge in [-0.3, -0.25) is 0 Å². The maximum atomic E-state index is 6.20. The highest BCUT2D eigenvalue weighted by Gasteiger charge is 2.52. The van der Waals surface area contributed by atoms with Gasteiger partial charge in [-0.05, 0) is 76.9 Å². The second-order valence-corrected chi connectivity index (χ2v) is 7.27. The van der Waals surface area contributed by atoms with Gasteiger partial charge < -0.3 is 9.31 Å². The van der Waals surface area contributed by atoms with E-state index in [1.807, 2.05) is 0 Å². The summed E-state index contributed by atoms with van der Waals surface area (Å²) in [6, 6.07) is 4.67. The van der Waals surface area contributed by atoms with E-state index in [9.17, 15) is 0 Å². The third-order valence-corrected chi connectivity index (χ3v) is 5.24. The fourth-order valence-corrected chi connectivity index (χ4v) is 3.15. The van der Waals surface area contributed by atoms with Crippen LogP contribution >= 0.6 is 0 Å². The summed E-state index contributed by atoms with van der Waals surface area (Å²) in [7, 11) is -0.229. The van der Waals surface area contributed by atoms with Crippen LogP contribution in [-0.4, -0.2) is 18.3 Å². The number of benzene rings is 1. The maximum absolute atomic E-state index is 6.20. The van der Waals surface area contributed by atoms with Crippen molar-refractivity contribution in [3.63, 3.8) is 0 Å². The second-order valence-electron chi connectivity index (χ2n) is 7.27. The molecule has 3 heteroatoms. The number of aryl methyl sites for hydroxylation is 3. The van der Waals surface area contributed by atoms with Crippen LogP contribution < -0.4 is 5.46 Å². The zero-order chi connectivity index (χ0) is 14.5. The van der Waals surface area contributed by atoms with Crippen LogP contribution in [0.1, 0.15) is 57.2 Å². The predicted octanol–water partition coefficient (Wildman–Crippen LogP) is 3.17. The van der Waals surface area contributed by atoms with Crippen LogP contribution in [0.25, 0.3) is 0 Å². The molecule has 0 unspecified atom stereocenters. The van der Waals surface area contributed by atoms with Crippen LogP contribution in [0, 0.1) is 6.92 Å². The molecule has 2 aliphatic rings. The van der Waals surface area contributed by atoms with Crippen LogP contribution in [0.2, 0.25) is 0 Å². The van der Waals surface area contributed by atoms with Crippen molar-refractivity contribution in [2.24, 2.45) is 0 Å². The van der Waals surface area contributed by atoms with Crippen LogP contribution in [0.15, 0.2) is 12.1 Å². The Bertz CT molecular complexity index is 518. The highest BCUT2D eigenvalue weighted by Crippen LogP contribution is 2.37. The molecular weight excluding hydrogens is 247 g/mol.